The summed E-state index contributed by atoms with van der Waals surface area (Å²) in [5, 5.41) is 14.0. The summed E-state index contributed by atoms with van der Waals surface area (Å²) < 4.78 is 15.5. The smallest absolute Gasteiger partial charge is 0.346 e. The molecule has 0 fully saturated rings. The Morgan fingerprint density at radius 3 is 2.35 bits per heavy atom. The normalized spacial score (nSPS) is 12.1. The average molecular weight is 368 g/mol. The highest BCUT2D eigenvalue weighted by atomic mass is 16.6. The molecule has 0 spiro atoms. The van der Waals surface area contributed by atoms with Crippen LogP contribution in [0.5, 0.6) is 11.5 Å². The van der Waals surface area contributed by atoms with E-state index in [1.807, 2.05) is 0 Å². The topological polar surface area (TPSA) is 117 Å². The summed E-state index contributed by atoms with van der Waals surface area (Å²) in [6.45, 7) is 8.70. The summed E-state index contributed by atoms with van der Waals surface area (Å²) in [6.07, 6.45) is -1.13. The SMILES string of the molecule is CCOc1cc([N+](=O)[O-])c(C(=O)O[C@@H](C)C(=O)NC(C)(C)C)cc1OC. The number of carbonyl (C=O) groups is 2. The van der Waals surface area contributed by atoms with E-state index in [1.165, 1.54) is 20.1 Å². The van der Waals surface area contributed by atoms with E-state index in [0.717, 1.165) is 6.07 Å². The predicted molar refractivity (Wildman–Crippen MR) is 93.6 cm³/mol. The van der Waals surface area contributed by atoms with Crippen molar-refractivity contribution in [2.45, 2.75) is 46.3 Å². The molecule has 144 valence electrons. The molecule has 0 saturated heterocycles. The van der Waals surface area contributed by atoms with Gasteiger partial charge in [0.1, 0.15) is 5.56 Å². The number of rotatable bonds is 7. The van der Waals surface area contributed by atoms with Crippen LogP contribution in [0.15, 0.2) is 12.1 Å². The number of nitrogens with one attached hydrogen (secondary N) is 1. The minimum Gasteiger partial charge on any atom is -0.493 e. The Balaban J connectivity index is 3.14. The minimum atomic E-state index is -1.13. The number of hydrogen-bond acceptors (Lipinski definition) is 7. The number of nitrogens with zero attached hydrogens (tertiary/aromatic N) is 1. The molecular weight excluding hydrogens is 344 g/mol. The molecule has 9 heteroatoms. The van der Waals surface area contributed by atoms with Crippen molar-refractivity contribution in [3.05, 3.63) is 27.8 Å². The van der Waals surface area contributed by atoms with Crippen LogP contribution in [-0.4, -0.2) is 42.2 Å². The minimum absolute atomic E-state index is 0.136. The molecule has 9 nitrogen and oxygen atoms in total. The van der Waals surface area contributed by atoms with E-state index < -0.39 is 34.1 Å². The van der Waals surface area contributed by atoms with Gasteiger partial charge in [-0.2, -0.15) is 0 Å². The Kier molecular flexibility index (Phi) is 6.93. The van der Waals surface area contributed by atoms with Crippen LogP contribution in [0.1, 0.15) is 45.0 Å². The molecule has 0 radical (unpaired) electrons. The maximum atomic E-state index is 12.4. The highest BCUT2D eigenvalue weighted by molar-refractivity contribution is 5.96. The molecule has 1 N–H and O–H groups in total. The van der Waals surface area contributed by atoms with Gasteiger partial charge in [-0.1, -0.05) is 0 Å². The second-order valence-electron chi connectivity index (χ2n) is 6.50. The molecule has 26 heavy (non-hydrogen) atoms. The van der Waals surface area contributed by atoms with Crippen LogP contribution in [-0.2, 0) is 9.53 Å². The first-order chi connectivity index (χ1) is 12.0. The van der Waals surface area contributed by atoms with E-state index in [-0.39, 0.29) is 23.7 Å². The number of ether oxygens (including phenoxy) is 3. The molecule has 0 aromatic heterocycles. The Morgan fingerprint density at radius 1 is 1.27 bits per heavy atom. The zero-order valence-corrected chi connectivity index (χ0v) is 15.7. The largest absolute Gasteiger partial charge is 0.493 e. The third-order valence-corrected chi connectivity index (χ3v) is 3.15. The third kappa shape index (κ3) is 5.61. The van der Waals surface area contributed by atoms with E-state index in [0.29, 0.717) is 0 Å². The van der Waals surface area contributed by atoms with Crippen LogP contribution < -0.4 is 14.8 Å². The van der Waals surface area contributed by atoms with Crippen LogP contribution in [0, 0.1) is 10.1 Å². The third-order valence-electron chi connectivity index (χ3n) is 3.15. The summed E-state index contributed by atoms with van der Waals surface area (Å²) in [5.74, 6) is -1.23. The molecule has 0 aliphatic heterocycles. The van der Waals surface area contributed by atoms with Crippen molar-refractivity contribution >= 4 is 17.6 Å². The molecule has 1 rings (SSSR count). The summed E-state index contributed by atoms with van der Waals surface area (Å²) in [4.78, 5) is 35.0. The predicted octanol–water partition coefficient (Wildman–Crippen LogP) is 2.46. The molecule has 0 saturated carbocycles. The lowest BCUT2D eigenvalue weighted by Gasteiger charge is -2.23. The van der Waals surface area contributed by atoms with Gasteiger partial charge in [0.15, 0.2) is 17.6 Å². The van der Waals surface area contributed by atoms with Gasteiger partial charge >= 0.3 is 5.97 Å². The van der Waals surface area contributed by atoms with Crippen molar-refractivity contribution in [3.8, 4) is 11.5 Å². The van der Waals surface area contributed by atoms with E-state index in [2.05, 4.69) is 5.32 Å². The average Bonchev–Trinajstić information content (AvgIpc) is 2.52. The first-order valence-electron chi connectivity index (χ1n) is 8.02. The summed E-state index contributed by atoms with van der Waals surface area (Å²) in [6, 6.07) is 2.26. The van der Waals surface area contributed by atoms with Crippen LogP contribution in [0.4, 0.5) is 5.69 Å². The zero-order chi connectivity index (χ0) is 20.1. The van der Waals surface area contributed by atoms with E-state index in [9.17, 15) is 19.7 Å². The lowest BCUT2D eigenvalue weighted by atomic mass is 10.1. The van der Waals surface area contributed by atoms with Crippen LogP contribution in [0.3, 0.4) is 0 Å². The first kappa shape index (κ1) is 21.2. The van der Waals surface area contributed by atoms with Gasteiger partial charge in [-0.05, 0) is 34.6 Å². The Morgan fingerprint density at radius 2 is 1.88 bits per heavy atom. The highest BCUT2D eigenvalue weighted by Gasteiger charge is 2.29. The molecule has 1 amide bonds. The van der Waals surface area contributed by atoms with Gasteiger partial charge in [0.2, 0.25) is 0 Å². The fourth-order valence-corrected chi connectivity index (χ4v) is 2.04. The molecular formula is C17H24N2O7. The number of carbonyl (C=O) groups excluding carboxylic acids is 2. The van der Waals surface area contributed by atoms with Crippen molar-refractivity contribution in [2.24, 2.45) is 0 Å². The molecule has 0 bridgehead atoms. The lowest BCUT2D eigenvalue weighted by Crippen LogP contribution is -2.46. The van der Waals surface area contributed by atoms with Crippen molar-refractivity contribution in [3.63, 3.8) is 0 Å². The van der Waals surface area contributed by atoms with Gasteiger partial charge in [0, 0.05) is 11.6 Å². The molecule has 1 atom stereocenters. The zero-order valence-electron chi connectivity index (χ0n) is 15.7. The summed E-state index contributed by atoms with van der Waals surface area (Å²) >= 11 is 0. The first-order valence-corrected chi connectivity index (χ1v) is 8.02. The molecule has 1 aromatic rings. The molecule has 0 aliphatic rings. The van der Waals surface area contributed by atoms with E-state index in [4.69, 9.17) is 14.2 Å². The quantitative estimate of drug-likeness (QED) is 0.446. The standard InChI is InChI=1S/C17H24N2O7/c1-7-25-14-9-12(19(22)23)11(8-13(14)24-6)16(21)26-10(2)15(20)18-17(3,4)5/h8-10H,7H2,1-6H3,(H,18,20)/t10-/m0/s1. The highest BCUT2D eigenvalue weighted by Crippen LogP contribution is 2.35. The van der Waals surface area contributed by atoms with Crippen LogP contribution >= 0.6 is 0 Å². The Hall–Kier alpha value is -2.84. The number of benzene rings is 1. The molecule has 1 aromatic carbocycles. The summed E-state index contributed by atoms with van der Waals surface area (Å²) in [7, 11) is 1.35. The van der Waals surface area contributed by atoms with E-state index in [1.54, 1.807) is 27.7 Å². The van der Waals surface area contributed by atoms with Crippen LogP contribution in [0.25, 0.3) is 0 Å². The van der Waals surface area contributed by atoms with Gasteiger partial charge in [-0.15, -0.1) is 0 Å². The monoisotopic (exact) mass is 368 g/mol. The number of nitro benzene ring substituents is 1. The number of nitro groups is 1. The van der Waals surface area contributed by atoms with Gasteiger partial charge in [-0.3, -0.25) is 14.9 Å². The summed E-state index contributed by atoms with van der Waals surface area (Å²) in [5.41, 5.74) is -1.33. The number of methoxy groups -OCH3 is 1. The number of amides is 1. The Bertz CT molecular complexity index is 695. The van der Waals surface area contributed by atoms with Crippen LogP contribution in [0.2, 0.25) is 0 Å². The molecule has 0 unspecified atom stereocenters. The van der Waals surface area contributed by atoms with Gasteiger partial charge in [-0.25, -0.2) is 4.79 Å². The maximum Gasteiger partial charge on any atom is 0.346 e. The Labute approximate surface area is 151 Å². The maximum absolute atomic E-state index is 12.4. The van der Waals surface area contributed by atoms with Crippen molar-refractivity contribution < 1.29 is 28.7 Å². The fourth-order valence-electron chi connectivity index (χ4n) is 2.04. The second-order valence-corrected chi connectivity index (χ2v) is 6.50. The number of hydrogen-bond donors (Lipinski definition) is 1. The van der Waals surface area contributed by atoms with Crippen molar-refractivity contribution in [2.75, 3.05) is 13.7 Å². The van der Waals surface area contributed by atoms with Crippen molar-refractivity contribution in [1.82, 2.24) is 5.32 Å². The van der Waals surface area contributed by atoms with Crippen molar-refractivity contribution in [1.29, 1.82) is 0 Å². The van der Waals surface area contributed by atoms with E-state index >= 15 is 0 Å². The lowest BCUT2D eigenvalue weighted by molar-refractivity contribution is -0.385. The molecule has 0 aliphatic carbocycles. The van der Waals surface area contributed by atoms with Gasteiger partial charge in [0.05, 0.1) is 24.7 Å². The van der Waals surface area contributed by atoms with Gasteiger partial charge in [0.25, 0.3) is 11.6 Å². The molecule has 0 heterocycles. The number of esters is 1. The fraction of sp³-hybridized carbons (Fsp3) is 0.529. The second kappa shape index (κ2) is 8.50. The van der Waals surface area contributed by atoms with Gasteiger partial charge < -0.3 is 19.5 Å².